The van der Waals surface area contributed by atoms with E-state index in [1.165, 1.54) is 44.9 Å². The Bertz CT molecular complexity index is 455. The Hall–Kier alpha value is -1.51. The molecule has 1 aromatic rings. The molecule has 22 heavy (non-hydrogen) atoms. The summed E-state index contributed by atoms with van der Waals surface area (Å²) in [6.07, 6.45) is 12.1. The van der Waals surface area contributed by atoms with Crippen LogP contribution in [-0.4, -0.2) is 16.0 Å². The topological polar surface area (TPSA) is 52.8 Å². The molecule has 0 saturated carbocycles. The Balaban J connectivity index is 2.24. The molecule has 0 amide bonds. The lowest BCUT2D eigenvalue weighted by Crippen LogP contribution is -2.02. The number of oxime groups is 1. The zero-order chi connectivity index (χ0) is 16.2. The highest BCUT2D eigenvalue weighted by Crippen LogP contribution is 2.22. The van der Waals surface area contributed by atoms with Crippen molar-refractivity contribution in [1.29, 1.82) is 0 Å². The van der Waals surface area contributed by atoms with E-state index in [-0.39, 0.29) is 5.75 Å². The summed E-state index contributed by atoms with van der Waals surface area (Å²) in [4.78, 5) is 0. The van der Waals surface area contributed by atoms with Crippen LogP contribution in [0, 0.1) is 6.92 Å². The van der Waals surface area contributed by atoms with Crippen molar-refractivity contribution in [2.75, 3.05) is 0 Å². The van der Waals surface area contributed by atoms with Crippen molar-refractivity contribution in [3.8, 4) is 5.75 Å². The fourth-order valence-electron chi connectivity index (χ4n) is 2.72. The van der Waals surface area contributed by atoms with Crippen LogP contribution in [-0.2, 0) is 0 Å². The molecule has 1 aromatic carbocycles. The quantitative estimate of drug-likeness (QED) is 0.235. The number of aryl methyl sites for hydroxylation is 1. The number of benzene rings is 1. The summed E-state index contributed by atoms with van der Waals surface area (Å²) in [5.74, 6) is 0.189. The van der Waals surface area contributed by atoms with Gasteiger partial charge in [-0.15, -0.1) is 0 Å². The Morgan fingerprint density at radius 3 is 2.14 bits per heavy atom. The van der Waals surface area contributed by atoms with E-state index in [2.05, 4.69) is 12.1 Å². The molecular weight excluding hydrogens is 274 g/mol. The van der Waals surface area contributed by atoms with Gasteiger partial charge in [0, 0.05) is 5.56 Å². The SMILES string of the molecule is CCCCCCCCCCC/C(=N/O)c1cc(C)ccc1O. The molecule has 0 aliphatic heterocycles. The van der Waals surface area contributed by atoms with Gasteiger partial charge in [-0.05, 0) is 31.9 Å². The monoisotopic (exact) mass is 305 g/mol. The first kappa shape index (κ1) is 18.5. The lowest BCUT2D eigenvalue weighted by Gasteiger charge is -2.08. The van der Waals surface area contributed by atoms with Crippen molar-refractivity contribution in [2.45, 2.75) is 78.1 Å². The van der Waals surface area contributed by atoms with Crippen LogP contribution in [0.25, 0.3) is 0 Å². The van der Waals surface area contributed by atoms with Crippen molar-refractivity contribution < 1.29 is 10.3 Å². The lowest BCUT2D eigenvalue weighted by molar-refractivity contribution is 0.317. The molecule has 3 heteroatoms. The normalized spacial score (nSPS) is 11.8. The highest BCUT2D eigenvalue weighted by atomic mass is 16.4. The maximum absolute atomic E-state index is 9.89. The molecule has 2 N–H and O–H groups in total. The van der Waals surface area contributed by atoms with E-state index in [0.29, 0.717) is 17.7 Å². The van der Waals surface area contributed by atoms with Gasteiger partial charge in [0.25, 0.3) is 0 Å². The number of phenols is 1. The third-order valence-electron chi connectivity index (χ3n) is 4.10. The van der Waals surface area contributed by atoms with Crippen LogP contribution in [0.15, 0.2) is 23.4 Å². The minimum atomic E-state index is 0.189. The minimum Gasteiger partial charge on any atom is -0.507 e. The smallest absolute Gasteiger partial charge is 0.124 e. The molecule has 0 spiro atoms. The van der Waals surface area contributed by atoms with Crippen LogP contribution in [0.4, 0.5) is 0 Å². The predicted molar refractivity (Wildman–Crippen MR) is 93.0 cm³/mol. The van der Waals surface area contributed by atoms with E-state index in [1.807, 2.05) is 19.1 Å². The summed E-state index contributed by atoms with van der Waals surface area (Å²) < 4.78 is 0. The molecule has 0 aliphatic rings. The number of phenolic OH excluding ortho intramolecular Hbond substituents is 1. The molecule has 0 radical (unpaired) electrons. The molecule has 124 valence electrons. The molecule has 0 aromatic heterocycles. The van der Waals surface area contributed by atoms with Gasteiger partial charge in [0.05, 0.1) is 5.71 Å². The van der Waals surface area contributed by atoms with E-state index in [0.717, 1.165) is 18.4 Å². The summed E-state index contributed by atoms with van der Waals surface area (Å²) in [6, 6.07) is 5.39. The third kappa shape index (κ3) is 6.97. The molecule has 3 nitrogen and oxygen atoms in total. The molecule has 0 fully saturated rings. The van der Waals surface area contributed by atoms with Gasteiger partial charge in [0.1, 0.15) is 5.75 Å². The molecule has 0 atom stereocenters. The summed E-state index contributed by atoms with van der Waals surface area (Å²) >= 11 is 0. The van der Waals surface area contributed by atoms with Crippen molar-refractivity contribution in [2.24, 2.45) is 5.16 Å². The van der Waals surface area contributed by atoms with Crippen molar-refractivity contribution in [3.63, 3.8) is 0 Å². The number of unbranched alkanes of at least 4 members (excludes halogenated alkanes) is 8. The zero-order valence-electron chi connectivity index (χ0n) is 14.1. The molecule has 0 unspecified atom stereocenters. The summed E-state index contributed by atoms with van der Waals surface area (Å²) in [5, 5.41) is 22.5. The lowest BCUT2D eigenvalue weighted by atomic mass is 10.00. The van der Waals surface area contributed by atoms with Gasteiger partial charge in [0.2, 0.25) is 0 Å². The molecular formula is C19H31NO2. The average molecular weight is 305 g/mol. The fraction of sp³-hybridized carbons (Fsp3) is 0.632. The van der Waals surface area contributed by atoms with Crippen LogP contribution in [0.3, 0.4) is 0 Å². The van der Waals surface area contributed by atoms with Crippen LogP contribution < -0.4 is 0 Å². The van der Waals surface area contributed by atoms with Crippen LogP contribution in [0.5, 0.6) is 5.75 Å². The van der Waals surface area contributed by atoms with Gasteiger partial charge in [-0.1, -0.05) is 75.1 Å². The van der Waals surface area contributed by atoms with Gasteiger partial charge in [0.15, 0.2) is 0 Å². The predicted octanol–water partition coefficient (Wildman–Crippen LogP) is 5.80. The summed E-state index contributed by atoms with van der Waals surface area (Å²) in [6.45, 7) is 4.21. The highest BCUT2D eigenvalue weighted by Gasteiger charge is 2.09. The van der Waals surface area contributed by atoms with E-state index in [4.69, 9.17) is 0 Å². The zero-order valence-corrected chi connectivity index (χ0v) is 14.1. The van der Waals surface area contributed by atoms with Gasteiger partial charge >= 0.3 is 0 Å². The molecule has 0 aliphatic carbocycles. The second-order valence-corrected chi connectivity index (χ2v) is 6.15. The number of hydrogen-bond donors (Lipinski definition) is 2. The first-order valence-corrected chi connectivity index (χ1v) is 8.70. The van der Waals surface area contributed by atoms with Gasteiger partial charge in [-0.3, -0.25) is 0 Å². The van der Waals surface area contributed by atoms with Crippen LogP contribution in [0.1, 0.15) is 82.3 Å². The van der Waals surface area contributed by atoms with E-state index >= 15 is 0 Å². The van der Waals surface area contributed by atoms with Crippen LogP contribution in [0.2, 0.25) is 0 Å². The number of nitrogens with zero attached hydrogens (tertiary/aromatic N) is 1. The first-order valence-electron chi connectivity index (χ1n) is 8.70. The van der Waals surface area contributed by atoms with E-state index in [1.54, 1.807) is 6.07 Å². The molecule has 0 bridgehead atoms. The van der Waals surface area contributed by atoms with Gasteiger partial charge in [-0.2, -0.15) is 0 Å². The molecule has 0 saturated heterocycles. The van der Waals surface area contributed by atoms with Crippen molar-refractivity contribution >= 4 is 5.71 Å². The van der Waals surface area contributed by atoms with Crippen molar-refractivity contribution in [3.05, 3.63) is 29.3 Å². The Kier molecular flexibility index (Phi) is 9.36. The Morgan fingerprint density at radius 2 is 1.55 bits per heavy atom. The minimum absolute atomic E-state index is 0.189. The third-order valence-corrected chi connectivity index (χ3v) is 4.10. The Labute approximate surface area is 135 Å². The summed E-state index contributed by atoms with van der Waals surface area (Å²) in [5.41, 5.74) is 2.30. The number of rotatable bonds is 11. The Morgan fingerprint density at radius 1 is 0.955 bits per heavy atom. The summed E-state index contributed by atoms with van der Waals surface area (Å²) in [7, 11) is 0. The number of aromatic hydroxyl groups is 1. The maximum atomic E-state index is 9.89. The maximum Gasteiger partial charge on any atom is 0.124 e. The second-order valence-electron chi connectivity index (χ2n) is 6.15. The van der Waals surface area contributed by atoms with E-state index in [9.17, 15) is 10.3 Å². The van der Waals surface area contributed by atoms with Gasteiger partial charge in [-0.25, -0.2) is 0 Å². The fourth-order valence-corrected chi connectivity index (χ4v) is 2.72. The molecule has 0 heterocycles. The van der Waals surface area contributed by atoms with E-state index < -0.39 is 0 Å². The first-order chi connectivity index (χ1) is 10.7. The average Bonchev–Trinajstić information content (AvgIpc) is 2.52. The standard InChI is InChI=1S/C19H31NO2/c1-3-4-5-6-7-8-9-10-11-12-18(20-22)17-15-16(2)13-14-19(17)21/h13-15,21-22H,3-12H2,1-2H3/b20-18-. The second kappa shape index (κ2) is 11.1. The number of hydrogen-bond acceptors (Lipinski definition) is 3. The largest absolute Gasteiger partial charge is 0.507 e. The molecule has 1 rings (SSSR count). The van der Waals surface area contributed by atoms with Gasteiger partial charge < -0.3 is 10.3 Å². The van der Waals surface area contributed by atoms with Crippen LogP contribution >= 0.6 is 0 Å². The highest BCUT2D eigenvalue weighted by molar-refractivity contribution is 6.02. The van der Waals surface area contributed by atoms with Crippen molar-refractivity contribution in [1.82, 2.24) is 0 Å².